The fourth-order valence-electron chi connectivity index (χ4n) is 4.50. The normalized spacial score (nSPS) is 25.1. The van der Waals surface area contributed by atoms with E-state index in [1.807, 2.05) is 13.8 Å². The molecular formula is C22H34N2O2S. The molecule has 3 N–H and O–H groups in total. The van der Waals surface area contributed by atoms with E-state index >= 15 is 0 Å². The summed E-state index contributed by atoms with van der Waals surface area (Å²) >= 11 is 1.35. The number of nitrogens with zero attached hydrogens (tertiary/aromatic N) is 1. The van der Waals surface area contributed by atoms with Gasteiger partial charge in [-0.05, 0) is 68.7 Å². The maximum Gasteiger partial charge on any atom is 0.346 e. The molecule has 150 valence electrons. The van der Waals surface area contributed by atoms with E-state index in [-0.39, 0.29) is 0 Å². The van der Waals surface area contributed by atoms with Crippen LogP contribution in [0.15, 0.2) is 11.6 Å². The van der Waals surface area contributed by atoms with Crippen molar-refractivity contribution in [3.8, 4) is 0 Å². The molecule has 0 spiro atoms. The van der Waals surface area contributed by atoms with Crippen molar-refractivity contribution < 1.29 is 9.90 Å². The van der Waals surface area contributed by atoms with Crippen molar-refractivity contribution in [1.82, 2.24) is 4.90 Å². The van der Waals surface area contributed by atoms with Gasteiger partial charge in [0.05, 0.1) is 0 Å². The third kappa shape index (κ3) is 4.47. The molecule has 1 aliphatic carbocycles. The van der Waals surface area contributed by atoms with Crippen molar-refractivity contribution in [1.29, 1.82) is 0 Å². The summed E-state index contributed by atoms with van der Waals surface area (Å²) in [7, 11) is 0. The highest BCUT2D eigenvalue weighted by molar-refractivity contribution is 7.14. The molecule has 4 nitrogen and oxygen atoms in total. The number of rotatable bonds is 5. The molecule has 3 rings (SSSR count). The highest BCUT2D eigenvalue weighted by Crippen LogP contribution is 2.43. The molecule has 2 aliphatic rings. The fourth-order valence-corrected chi connectivity index (χ4v) is 5.54. The molecule has 1 aromatic rings. The Morgan fingerprint density at radius 1 is 1.33 bits per heavy atom. The minimum atomic E-state index is -0.826. The lowest BCUT2D eigenvalue weighted by Crippen LogP contribution is -2.34. The van der Waals surface area contributed by atoms with Gasteiger partial charge in [-0.3, -0.25) is 4.90 Å². The fraction of sp³-hybridized carbons (Fsp3) is 0.682. The molecule has 2 heterocycles. The van der Waals surface area contributed by atoms with Crippen LogP contribution in [0.3, 0.4) is 0 Å². The van der Waals surface area contributed by atoms with Crippen LogP contribution in [0.5, 0.6) is 0 Å². The Hall–Kier alpha value is -1.17. The van der Waals surface area contributed by atoms with Crippen molar-refractivity contribution in [2.24, 2.45) is 17.6 Å². The zero-order chi connectivity index (χ0) is 19.8. The molecule has 1 saturated carbocycles. The maximum atomic E-state index is 12.0. The monoisotopic (exact) mass is 390 g/mol. The van der Waals surface area contributed by atoms with Crippen molar-refractivity contribution in [3.05, 3.63) is 27.0 Å². The van der Waals surface area contributed by atoms with E-state index in [1.165, 1.54) is 48.2 Å². The van der Waals surface area contributed by atoms with Crippen LogP contribution < -0.4 is 5.73 Å². The van der Waals surface area contributed by atoms with Gasteiger partial charge in [-0.25, -0.2) is 4.79 Å². The van der Waals surface area contributed by atoms with E-state index in [0.29, 0.717) is 10.8 Å². The Balaban J connectivity index is 2.07. The van der Waals surface area contributed by atoms with Crippen LogP contribution in [-0.4, -0.2) is 35.6 Å². The molecule has 0 bridgehead atoms. The lowest BCUT2D eigenvalue weighted by Gasteiger charge is -2.37. The topological polar surface area (TPSA) is 66.6 Å². The summed E-state index contributed by atoms with van der Waals surface area (Å²) in [6.07, 6.45) is 5.98. The maximum absolute atomic E-state index is 12.0. The summed E-state index contributed by atoms with van der Waals surface area (Å²) in [5, 5.41) is 9.84. The van der Waals surface area contributed by atoms with E-state index in [9.17, 15) is 9.90 Å². The summed E-state index contributed by atoms with van der Waals surface area (Å²) in [4.78, 5) is 15.9. The first kappa shape index (κ1) is 20.6. The third-order valence-electron chi connectivity index (χ3n) is 6.30. The highest BCUT2D eigenvalue weighted by Gasteiger charge is 2.31. The number of carboxylic acid groups (broad SMARTS) is 1. The quantitative estimate of drug-likeness (QED) is 0.747. The zero-order valence-electron chi connectivity index (χ0n) is 17.2. The Kier molecular flexibility index (Phi) is 6.14. The second kappa shape index (κ2) is 8.06. The van der Waals surface area contributed by atoms with Crippen LogP contribution in [0, 0.1) is 11.8 Å². The minimum Gasteiger partial charge on any atom is -0.477 e. The first-order valence-electron chi connectivity index (χ1n) is 10.3. The molecule has 5 heteroatoms. The lowest BCUT2D eigenvalue weighted by atomic mass is 9.75. The van der Waals surface area contributed by atoms with Crippen LogP contribution in [0.1, 0.15) is 79.9 Å². The van der Waals surface area contributed by atoms with Crippen molar-refractivity contribution in [2.45, 2.75) is 65.3 Å². The van der Waals surface area contributed by atoms with Crippen molar-refractivity contribution in [2.75, 3.05) is 19.6 Å². The molecule has 0 aromatic carbocycles. The predicted octanol–water partition coefficient (Wildman–Crippen LogP) is 4.95. The summed E-state index contributed by atoms with van der Waals surface area (Å²) < 4.78 is 0. The number of carboxylic acids is 1. The van der Waals surface area contributed by atoms with Gasteiger partial charge in [-0.2, -0.15) is 0 Å². The summed E-state index contributed by atoms with van der Waals surface area (Å²) in [5.41, 5.74) is 9.51. The van der Waals surface area contributed by atoms with Gasteiger partial charge in [-0.15, -0.1) is 11.3 Å². The molecule has 0 atom stereocenters. The van der Waals surface area contributed by atoms with E-state index in [1.54, 1.807) is 0 Å². The number of hydrogen-bond acceptors (Lipinski definition) is 4. The largest absolute Gasteiger partial charge is 0.477 e. The Labute approximate surface area is 167 Å². The van der Waals surface area contributed by atoms with E-state index in [4.69, 9.17) is 5.73 Å². The number of aromatic carboxylic acids is 1. The van der Waals surface area contributed by atoms with Crippen molar-refractivity contribution in [3.63, 3.8) is 0 Å². The molecule has 1 fully saturated rings. The SMILES string of the molecule is CCN1CCC(c2cc(C(C)(C)N)sc2C(=O)O)=C(C2CCC(C)CC2)C1. The summed E-state index contributed by atoms with van der Waals surface area (Å²) in [5.74, 6) is 0.588. The average molecular weight is 391 g/mol. The van der Waals surface area contributed by atoms with Gasteiger partial charge in [0.2, 0.25) is 0 Å². The number of nitrogens with two attached hydrogens (primary N) is 1. The third-order valence-corrected chi connectivity index (χ3v) is 7.76. The Morgan fingerprint density at radius 2 is 2.00 bits per heavy atom. The summed E-state index contributed by atoms with van der Waals surface area (Å²) in [6, 6.07) is 2.07. The first-order chi connectivity index (χ1) is 12.7. The number of likely N-dealkylation sites (N-methyl/N-ethyl adjacent to an activating group) is 1. The number of carbonyl (C=O) groups is 1. The van der Waals surface area contributed by atoms with Gasteiger partial charge >= 0.3 is 5.97 Å². The average Bonchev–Trinajstić information content (AvgIpc) is 3.08. The molecule has 0 saturated heterocycles. The lowest BCUT2D eigenvalue weighted by molar-refractivity contribution is 0.0702. The highest BCUT2D eigenvalue weighted by atomic mass is 32.1. The van der Waals surface area contributed by atoms with E-state index in [2.05, 4.69) is 24.8 Å². The molecule has 1 aliphatic heterocycles. The molecule has 0 unspecified atom stereocenters. The number of hydrogen-bond donors (Lipinski definition) is 2. The molecular weight excluding hydrogens is 356 g/mol. The number of thiophene rings is 1. The van der Waals surface area contributed by atoms with Crippen LogP contribution in [0.4, 0.5) is 0 Å². The van der Waals surface area contributed by atoms with Crippen LogP contribution >= 0.6 is 11.3 Å². The second-order valence-electron chi connectivity index (χ2n) is 8.96. The van der Waals surface area contributed by atoms with E-state index < -0.39 is 11.5 Å². The molecule has 0 radical (unpaired) electrons. The van der Waals surface area contributed by atoms with Gasteiger partial charge < -0.3 is 10.8 Å². The molecule has 27 heavy (non-hydrogen) atoms. The predicted molar refractivity (Wildman–Crippen MR) is 113 cm³/mol. The first-order valence-corrected chi connectivity index (χ1v) is 11.1. The van der Waals surface area contributed by atoms with Gasteiger partial charge in [-0.1, -0.05) is 26.7 Å². The minimum absolute atomic E-state index is 0.463. The van der Waals surface area contributed by atoms with E-state index in [0.717, 1.165) is 42.4 Å². The summed E-state index contributed by atoms with van der Waals surface area (Å²) in [6.45, 7) is 11.5. The Bertz CT molecular complexity index is 721. The molecule has 0 amide bonds. The van der Waals surface area contributed by atoms with Gasteiger partial charge in [0.1, 0.15) is 4.88 Å². The Morgan fingerprint density at radius 3 is 2.56 bits per heavy atom. The van der Waals surface area contributed by atoms with Crippen LogP contribution in [0.25, 0.3) is 5.57 Å². The van der Waals surface area contributed by atoms with Gasteiger partial charge in [0, 0.05) is 29.1 Å². The second-order valence-corrected chi connectivity index (χ2v) is 10.0. The standard InChI is InChI=1S/C22H34N2O2S/c1-5-24-11-10-16(18(13-24)15-8-6-14(2)7-9-15)17-12-19(22(3,4)23)27-20(17)21(25)26/h12,14-15H,5-11,13,23H2,1-4H3,(H,25,26). The van der Waals surface area contributed by atoms with Gasteiger partial charge in [0.15, 0.2) is 0 Å². The van der Waals surface area contributed by atoms with Crippen LogP contribution in [0.2, 0.25) is 0 Å². The van der Waals surface area contributed by atoms with Crippen molar-refractivity contribution >= 4 is 22.9 Å². The molecule has 1 aromatic heterocycles. The van der Waals surface area contributed by atoms with Gasteiger partial charge in [0.25, 0.3) is 0 Å². The zero-order valence-corrected chi connectivity index (χ0v) is 18.0. The smallest absolute Gasteiger partial charge is 0.346 e. The van der Waals surface area contributed by atoms with Crippen LogP contribution in [-0.2, 0) is 5.54 Å².